The molecule has 1 aliphatic rings. The van der Waals surface area contributed by atoms with Crippen LogP contribution in [-0.2, 0) is 9.59 Å². The summed E-state index contributed by atoms with van der Waals surface area (Å²) in [4.78, 5) is 46.8. The average molecular weight is 380 g/mol. The number of rotatable bonds is 6. The number of aromatic carboxylic acids is 2. The molecular formula is C22H20O6. The number of carbonyl (C=O) groups is 4. The molecule has 0 bridgehead atoms. The van der Waals surface area contributed by atoms with Gasteiger partial charge in [-0.25, -0.2) is 9.59 Å². The fourth-order valence-electron chi connectivity index (χ4n) is 4.28. The summed E-state index contributed by atoms with van der Waals surface area (Å²) in [7, 11) is 0. The second-order valence-corrected chi connectivity index (χ2v) is 7.18. The second kappa shape index (κ2) is 7.38. The molecule has 0 spiro atoms. The minimum absolute atomic E-state index is 0.0917. The van der Waals surface area contributed by atoms with Crippen molar-refractivity contribution < 1.29 is 29.4 Å². The van der Waals surface area contributed by atoms with Gasteiger partial charge in [0.25, 0.3) is 0 Å². The molecule has 2 aromatic carbocycles. The Morgan fingerprint density at radius 2 is 0.893 bits per heavy atom. The van der Waals surface area contributed by atoms with Crippen molar-refractivity contribution in [3.05, 3.63) is 70.8 Å². The maximum Gasteiger partial charge on any atom is 0.335 e. The van der Waals surface area contributed by atoms with Crippen molar-refractivity contribution in [1.29, 1.82) is 0 Å². The van der Waals surface area contributed by atoms with Crippen LogP contribution in [0.5, 0.6) is 0 Å². The number of benzene rings is 2. The van der Waals surface area contributed by atoms with Gasteiger partial charge in [0.05, 0.1) is 11.1 Å². The predicted molar refractivity (Wildman–Crippen MR) is 101 cm³/mol. The Hall–Kier alpha value is -3.28. The molecule has 6 nitrogen and oxygen atoms in total. The van der Waals surface area contributed by atoms with Crippen LogP contribution in [-0.4, -0.2) is 33.7 Å². The zero-order chi connectivity index (χ0) is 20.6. The fraction of sp³-hybridized carbons (Fsp3) is 0.273. The number of carboxylic acid groups (broad SMARTS) is 2. The lowest BCUT2D eigenvalue weighted by molar-refractivity contribution is -0.139. The van der Waals surface area contributed by atoms with E-state index in [2.05, 4.69) is 0 Å². The molecule has 6 heteroatoms. The maximum absolute atomic E-state index is 12.3. The van der Waals surface area contributed by atoms with E-state index >= 15 is 0 Å². The molecule has 2 N–H and O–H groups in total. The summed E-state index contributed by atoms with van der Waals surface area (Å²) in [5.41, 5.74) is 1.87. The monoisotopic (exact) mass is 380 g/mol. The van der Waals surface area contributed by atoms with Gasteiger partial charge in [0.1, 0.15) is 11.6 Å². The zero-order valence-corrected chi connectivity index (χ0v) is 15.5. The Morgan fingerprint density at radius 1 is 0.607 bits per heavy atom. The van der Waals surface area contributed by atoms with Crippen molar-refractivity contribution in [3.8, 4) is 0 Å². The molecule has 1 saturated carbocycles. The average Bonchev–Trinajstić information content (AvgIpc) is 2.61. The third kappa shape index (κ3) is 3.33. The van der Waals surface area contributed by atoms with Crippen LogP contribution >= 0.6 is 0 Å². The highest BCUT2D eigenvalue weighted by molar-refractivity contribution is 5.92. The summed E-state index contributed by atoms with van der Waals surface area (Å²) >= 11 is 0. The SMILES string of the molecule is CC(=O)[C@@H]1[C@H](C(C)=O)[C@@H](c2ccc(C(=O)O)cc2)[C@H]1c1ccc(C(=O)O)cc1. The number of hydrogen-bond donors (Lipinski definition) is 2. The lowest BCUT2D eigenvalue weighted by Crippen LogP contribution is -2.50. The first-order chi connectivity index (χ1) is 13.2. The number of carboxylic acids is 2. The summed E-state index contributed by atoms with van der Waals surface area (Å²) in [6.45, 7) is 2.92. The highest BCUT2D eigenvalue weighted by Crippen LogP contribution is 2.58. The van der Waals surface area contributed by atoms with Crippen LogP contribution in [0.2, 0.25) is 0 Å². The van der Waals surface area contributed by atoms with Crippen LogP contribution in [0.3, 0.4) is 0 Å². The molecule has 3 rings (SSSR count). The van der Waals surface area contributed by atoms with E-state index in [1.54, 1.807) is 24.3 Å². The van der Waals surface area contributed by atoms with E-state index in [0.717, 1.165) is 11.1 Å². The van der Waals surface area contributed by atoms with Crippen molar-refractivity contribution in [2.75, 3.05) is 0 Å². The van der Waals surface area contributed by atoms with Gasteiger partial charge in [0, 0.05) is 23.7 Å². The van der Waals surface area contributed by atoms with E-state index in [0.29, 0.717) is 0 Å². The van der Waals surface area contributed by atoms with Crippen molar-refractivity contribution in [1.82, 2.24) is 0 Å². The highest BCUT2D eigenvalue weighted by Gasteiger charge is 2.55. The van der Waals surface area contributed by atoms with E-state index < -0.39 is 23.8 Å². The van der Waals surface area contributed by atoms with Gasteiger partial charge in [0.2, 0.25) is 0 Å². The molecule has 28 heavy (non-hydrogen) atoms. The van der Waals surface area contributed by atoms with Crippen LogP contribution in [0.1, 0.15) is 57.5 Å². The minimum Gasteiger partial charge on any atom is -0.478 e. The van der Waals surface area contributed by atoms with Crippen molar-refractivity contribution in [2.45, 2.75) is 25.7 Å². The predicted octanol–water partition coefficient (Wildman–Crippen LogP) is 3.37. The minimum atomic E-state index is -1.04. The molecule has 144 valence electrons. The van der Waals surface area contributed by atoms with Gasteiger partial charge in [-0.2, -0.15) is 0 Å². The third-order valence-corrected chi connectivity index (χ3v) is 5.57. The van der Waals surface area contributed by atoms with Crippen LogP contribution in [0.4, 0.5) is 0 Å². The summed E-state index contributed by atoms with van der Waals surface area (Å²) < 4.78 is 0. The first-order valence-electron chi connectivity index (χ1n) is 8.89. The third-order valence-electron chi connectivity index (χ3n) is 5.57. The normalized spacial score (nSPS) is 23.5. The Balaban J connectivity index is 2.04. The summed E-state index contributed by atoms with van der Waals surface area (Å²) in [6, 6.07) is 12.7. The summed E-state index contributed by atoms with van der Waals surface area (Å²) in [5, 5.41) is 18.2. The molecule has 0 aromatic heterocycles. The Kier molecular flexibility index (Phi) is 5.14. The molecule has 1 aliphatic carbocycles. The van der Waals surface area contributed by atoms with Gasteiger partial charge in [-0.05, 0) is 49.2 Å². The van der Waals surface area contributed by atoms with Crippen LogP contribution in [0, 0.1) is 11.8 Å². The molecule has 4 atom stereocenters. The molecule has 0 aliphatic heterocycles. The van der Waals surface area contributed by atoms with Crippen LogP contribution < -0.4 is 0 Å². The number of ketones is 2. The van der Waals surface area contributed by atoms with Gasteiger partial charge in [-0.3, -0.25) is 9.59 Å². The first kappa shape index (κ1) is 19.5. The van der Waals surface area contributed by atoms with Crippen LogP contribution in [0.15, 0.2) is 48.5 Å². The fourth-order valence-corrected chi connectivity index (χ4v) is 4.28. The number of Topliss-reactive ketones (excluding diaryl/α,β-unsaturated/α-hetero) is 2. The number of hydrogen-bond acceptors (Lipinski definition) is 4. The molecular weight excluding hydrogens is 360 g/mol. The molecule has 0 amide bonds. The highest BCUT2D eigenvalue weighted by atomic mass is 16.4. The topological polar surface area (TPSA) is 109 Å². The van der Waals surface area contributed by atoms with Gasteiger partial charge >= 0.3 is 11.9 Å². The zero-order valence-electron chi connectivity index (χ0n) is 15.5. The maximum atomic E-state index is 12.3. The van der Waals surface area contributed by atoms with Crippen molar-refractivity contribution >= 4 is 23.5 Å². The summed E-state index contributed by atoms with van der Waals surface area (Å²) in [5.74, 6) is -3.78. The Bertz CT molecular complexity index is 862. The Labute approximate surface area is 161 Å². The molecule has 2 aromatic rings. The lowest BCUT2D eigenvalue weighted by atomic mass is 9.50. The largest absolute Gasteiger partial charge is 0.478 e. The van der Waals surface area contributed by atoms with Gasteiger partial charge in [-0.15, -0.1) is 0 Å². The van der Waals surface area contributed by atoms with Crippen molar-refractivity contribution in [2.24, 2.45) is 11.8 Å². The van der Waals surface area contributed by atoms with Gasteiger partial charge in [-0.1, -0.05) is 24.3 Å². The molecule has 0 unspecified atom stereocenters. The van der Waals surface area contributed by atoms with Gasteiger partial charge in [0.15, 0.2) is 0 Å². The second-order valence-electron chi connectivity index (χ2n) is 7.18. The summed E-state index contributed by atoms with van der Waals surface area (Å²) in [6.07, 6.45) is 0. The first-order valence-corrected chi connectivity index (χ1v) is 8.89. The van der Waals surface area contributed by atoms with Crippen molar-refractivity contribution in [3.63, 3.8) is 0 Å². The van der Waals surface area contributed by atoms with E-state index in [4.69, 9.17) is 10.2 Å². The molecule has 0 radical (unpaired) electrons. The lowest BCUT2D eigenvalue weighted by Gasteiger charge is -2.50. The van der Waals surface area contributed by atoms with Crippen LogP contribution in [0.25, 0.3) is 0 Å². The van der Waals surface area contributed by atoms with E-state index in [1.165, 1.54) is 38.1 Å². The van der Waals surface area contributed by atoms with E-state index in [-0.39, 0.29) is 34.5 Å². The smallest absolute Gasteiger partial charge is 0.335 e. The van der Waals surface area contributed by atoms with Gasteiger partial charge < -0.3 is 10.2 Å². The molecule has 0 saturated heterocycles. The molecule has 0 heterocycles. The van der Waals surface area contributed by atoms with E-state index in [1.807, 2.05) is 0 Å². The number of carbonyl (C=O) groups excluding carboxylic acids is 2. The quantitative estimate of drug-likeness (QED) is 0.795. The van der Waals surface area contributed by atoms with E-state index in [9.17, 15) is 19.2 Å². The standard InChI is InChI=1S/C22H20O6/c1-11(23)17-18(12(2)24)20(14-5-9-16(10-6-14)22(27)28)19(17)13-3-7-15(8-4-13)21(25)26/h3-10,17-20H,1-2H3,(H,25,26)(H,27,28)/t17-,18+,19+,20-. The Morgan fingerprint density at radius 3 is 1.11 bits per heavy atom. The molecule has 1 fully saturated rings.